The van der Waals surface area contributed by atoms with Crippen molar-refractivity contribution in [2.24, 2.45) is 0 Å². The number of hydrogen-bond donors (Lipinski definition) is 0. The Morgan fingerprint density at radius 2 is 1.59 bits per heavy atom. The predicted octanol–water partition coefficient (Wildman–Crippen LogP) is 3.80. The number of piperazine rings is 1. The molecule has 0 N–H and O–H groups in total. The maximum atomic E-state index is 13.9. The molecular formula is C19H16Cl2F2N2O2. The van der Waals surface area contributed by atoms with Crippen LogP contribution >= 0.6 is 23.2 Å². The Bertz CT molecular complexity index is 864. The summed E-state index contributed by atoms with van der Waals surface area (Å²) in [5, 5.41) is 0.260. The van der Waals surface area contributed by atoms with Crippen LogP contribution in [0.1, 0.15) is 15.9 Å². The van der Waals surface area contributed by atoms with Gasteiger partial charge in [0.1, 0.15) is 11.6 Å². The van der Waals surface area contributed by atoms with Crippen molar-refractivity contribution in [1.82, 2.24) is 9.80 Å². The SMILES string of the molecule is O=C(Cc1c(F)cccc1Cl)N1CCN(C(=O)c2ccc(F)cc2Cl)CC1. The summed E-state index contributed by atoms with van der Waals surface area (Å²) in [5.41, 5.74) is 0.386. The lowest BCUT2D eigenvalue weighted by Crippen LogP contribution is -2.51. The monoisotopic (exact) mass is 412 g/mol. The first-order chi connectivity index (χ1) is 12.9. The fourth-order valence-corrected chi connectivity index (χ4v) is 3.43. The average Bonchev–Trinajstić information content (AvgIpc) is 2.64. The summed E-state index contributed by atoms with van der Waals surface area (Å²) in [7, 11) is 0. The van der Waals surface area contributed by atoms with E-state index in [9.17, 15) is 18.4 Å². The quantitative estimate of drug-likeness (QED) is 0.768. The Labute approximate surface area is 165 Å². The van der Waals surface area contributed by atoms with E-state index in [-0.39, 0.29) is 39.4 Å². The molecule has 2 aromatic rings. The Morgan fingerprint density at radius 1 is 0.926 bits per heavy atom. The summed E-state index contributed by atoms with van der Waals surface area (Å²) in [5.74, 6) is -1.60. The third-order valence-corrected chi connectivity index (χ3v) is 5.14. The molecule has 0 unspecified atom stereocenters. The van der Waals surface area contributed by atoms with Crippen LogP contribution in [0.25, 0.3) is 0 Å². The van der Waals surface area contributed by atoms with Gasteiger partial charge in [0.25, 0.3) is 5.91 Å². The van der Waals surface area contributed by atoms with Gasteiger partial charge in [-0.25, -0.2) is 8.78 Å². The van der Waals surface area contributed by atoms with Gasteiger partial charge in [0.15, 0.2) is 0 Å². The van der Waals surface area contributed by atoms with Crippen molar-refractivity contribution in [2.75, 3.05) is 26.2 Å². The number of benzene rings is 2. The number of halogens is 4. The van der Waals surface area contributed by atoms with Crippen LogP contribution in [0.2, 0.25) is 10.0 Å². The van der Waals surface area contributed by atoms with Crippen LogP contribution in [-0.4, -0.2) is 47.8 Å². The lowest BCUT2D eigenvalue weighted by atomic mass is 10.1. The molecule has 142 valence electrons. The second kappa shape index (κ2) is 8.23. The molecule has 0 aromatic heterocycles. The molecule has 1 aliphatic rings. The van der Waals surface area contributed by atoms with Crippen molar-refractivity contribution in [3.63, 3.8) is 0 Å². The molecule has 0 bridgehead atoms. The number of hydrogen-bond acceptors (Lipinski definition) is 2. The summed E-state index contributed by atoms with van der Waals surface area (Å²) < 4.78 is 27.0. The van der Waals surface area contributed by atoms with E-state index in [0.29, 0.717) is 26.2 Å². The lowest BCUT2D eigenvalue weighted by molar-refractivity contribution is -0.132. The largest absolute Gasteiger partial charge is 0.339 e. The molecule has 27 heavy (non-hydrogen) atoms. The Kier molecular flexibility index (Phi) is 5.97. The smallest absolute Gasteiger partial charge is 0.255 e. The molecule has 0 atom stereocenters. The van der Waals surface area contributed by atoms with E-state index in [1.54, 1.807) is 9.80 Å². The van der Waals surface area contributed by atoms with E-state index in [1.165, 1.54) is 30.3 Å². The number of carbonyl (C=O) groups is 2. The van der Waals surface area contributed by atoms with Crippen LogP contribution in [0.15, 0.2) is 36.4 Å². The third-order valence-electron chi connectivity index (χ3n) is 4.47. The molecule has 3 rings (SSSR count). The highest BCUT2D eigenvalue weighted by Crippen LogP contribution is 2.22. The van der Waals surface area contributed by atoms with Crippen LogP contribution < -0.4 is 0 Å². The fourth-order valence-electron chi connectivity index (χ4n) is 2.96. The minimum Gasteiger partial charge on any atom is -0.339 e. The molecular weight excluding hydrogens is 397 g/mol. The van der Waals surface area contributed by atoms with Crippen LogP contribution in [0.5, 0.6) is 0 Å². The van der Waals surface area contributed by atoms with Crippen LogP contribution in [0.4, 0.5) is 8.78 Å². The van der Waals surface area contributed by atoms with Gasteiger partial charge in [-0.1, -0.05) is 29.3 Å². The van der Waals surface area contributed by atoms with E-state index in [0.717, 1.165) is 6.07 Å². The highest BCUT2D eigenvalue weighted by atomic mass is 35.5. The van der Waals surface area contributed by atoms with E-state index in [4.69, 9.17) is 23.2 Å². The van der Waals surface area contributed by atoms with Crippen LogP contribution in [0, 0.1) is 11.6 Å². The Morgan fingerprint density at radius 3 is 2.22 bits per heavy atom. The van der Waals surface area contributed by atoms with Crippen molar-refractivity contribution in [1.29, 1.82) is 0 Å². The van der Waals surface area contributed by atoms with Gasteiger partial charge < -0.3 is 9.80 Å². The van der Waals surface area contributed by atoms with Gasteiger partial charge >= 0.3 is 0 Å². The van der Waals surface area contributed by atoms with Crippen molar-refractivity contribution < 1.29 is 18.4 Å². The summed E-state index contributed by atoms with van der Waals surface area (Å²) in [4.78, 5) is 28.1. The normalized spacial score (nSPS) is 14.4. The Balaban J connectivity index is 1.61. The summed E-state index contributed by atoms with van der Waals surface area (Å²) in [6.07, 6.45) is -0.136. The van der Waals surface area contributed by atoms with Crippen LogP contribution in [0.3, 0.4) is 0 Å². The van der Waals surface area contributed by atoms with Gasteiger partial charge in [-0.3, -0.25) is 9.59 Å². The van der Waals surface area contributed by atoms with E-state index in [2.05, 4.69) is 0 Å². The average molecular weight is 413 g/mol. The van der Waals surface area contributed by atoms with Crippen molar-refractivity contribution >= 4 is 35.0 Å². The zero-order chi connectivity index (χ0) is 19.6. The molecule has 4 nitrogen and oxygen atoms in total. The fraction of sp³-hybridized carbons (Fsp3) is 0.263. The van der Waals surface area contributed by atoms with E-state index in [1.807, 2.05) is 0 Å². The number of carbonyl (C=O) groups excluding carboxylic acids is 2. The van der Waals surface area contributed by atoms with Gasteiger partial charge in [0.05, 0.1) is 17.0 Å². The lowest BCUT2D eigenvalue weighted by Gasteiger charge is -2.35. The first kappa shape index (κ1) is 19.6. The minimum atomic E-state index is -0.518. The molecule has 8 heteroatoms. The molecule has 0 radical (unpaired) electrons. The molecule has 2 aromatic carbocycles. The Hall–Kier alpha value is -2.18. The molecule has 0 saturated carbocycles. The van der Waals surface area contributed by atoms with Crippen molar-refractivity contribution in [3.05, 3.63) is 69.2 Å². The topological polar surface area (TPSA) is 40.6 Å². The number of amides is 2. The minimum absolute atomic E-state index is 0.0488. The first-order valence-electron chi connectivity index (χ1n) is 8.32. The summed E-state index contributed by atoms with van der Waals surface area (Å²) >= 11 is 11.9. The highest BCUT2D eigenvalue weighted by molar-refractivity contribution is 6.33. The highest BCUT2D eigenvalue weighted by Gasteiger charge is 2.26. The number of nitrogens with zero attached hydrogens (tertiary/aromatic N) is 2. The van der Waals surface area contributed by atoms with Gasteiger partial charge in [-0.05, 0) is 30.3 Å². The van der Waals surface area contributed by atoms with E-state index >= 15 is 0 Å². The third kappa shape index (κ3) is 4.39. The maximum absolute atomic E-state index is 13.9. The standard InChI is InChI=1S/C19H16Cl2F2N2O2/c20-15-2-1-3-17(23)14(15)11-18(26)24-6-8-25(9-7-24)19(27)13-5-4-12(22)10-16(13)21/h1-5,10H,6-9,11H2. The van der Waals surface area contributed by atoms with Gasteiger partial charge in [-0.2, -0.15) is 0 Å². The molecule has 1 fully saturated rings. The van der Waals surface area contributed by atoms with Crippen LogP contribution in [-0.2, 0) is 11.2 Å². The maximum Gasteiger partial charge on any atom is 0.255 e. The van der Waals surface area contributed by atoms with E-state index < -0.39 is 11.6 Å². The number of rotatable bonds is 3. The van der Waals surface area contributed by atoms with Gasteiger partial charge in [0, 0.05) is 36.8 Å². The first-order valence-corrected chi connectivity index (χ1v) is 9.07. The molecule has 1 aliphatic heterocycles. The second-order valence-corrected chi connectivity index (χ2v) is 6.99. The molecule has 1 heterocycles. The molecule has 1 saturated heterocycles. The summed E-state index contributed by atoms with van der Waals surface area (Å²) in [6.45, 7) is 1.25. The van der Waals surface area contributed by atoms with Crippen molar-refractivity contribution in [3.8, 4) is 0 Å². The van der Waals surface area contributed by atoms with Gasteiger partial charge in [0.2, 0.25) is 5.91 Å². The molecule has 0 aliphatic carbocycles. The second-order valence-electron chi connectivity index (χ2n) is 6.17. The molecule has 2 amide bonds. The molecule has 0 spiro atoms. The van der Waals surface area contributed by atoms with Gasteiger partial charge in [-0.15, -0.1) is 0 Å². The van der Waals surface area contributed by atoms with Crippen molar-refractivity contribution in [2.45, 2.75) is 6.42 Å². The zero-order valence-electron chi connectivity index (χ0n) is 14.2. The zero-order valence-corrected chi connectivity index (χ0v) is 15.7. The summed E-state index contributed by atoms with van der Waals surface area (Å²) in [6, 6.07) is 7.89. The predicted molar refractivity (Wildman–Crippen MR) is 99.0 cm³/mol.